The standard InChI is InChI=1S/C21H23N2.2BrH/c1-21(2,3)20-6-4-17(5-7-20)16-23-14-10-19(11-15-23)18-8-12-22-13-9-18;;/h4-15H,16H2,1-3H3;2*1H/q+1;;/p-1. The minimum absolute atomic E-state index is 0. The molecule has 0 radical (unpaired) electrons. The number of hydrogen-bond donors (Lipinski definition) is 0. The zero-order valence-electron chi connectivity index (χ0n) is 14.8. The summed E-state index contributed by atoms with van der Waals surface area (Å²) in [6.07, 6.45) is 8.19. The molecule has 1 aromatic carbocycles. The van der Waals surface area contributed by atoms with E-state index in [1.54, 1.807) is 0 Å². The van der Waals surface area contributed by atoms with Gasteiger partial charge in [-0.25, -0.2) is 9.55 Å². The summed E-state index contributed by atoms with van der Waals surface area (Å²) >= 11 is 0. The normalized spacial score (nSPS) is 10.5. The number of benzene rings is 1. The smallest absolute Gasteiger partial charge is 0.173 e. The Morgan fingerprint density at radius 1 is 0.760 bits per heavy atom. The van der Waals surface area contributed by atoms with E-state index >= 15 is 0 Å². The Labute approximate surface area is 171 Å². The van der Waals surface area contributed by atoms with E-state index < -0.39 is 0 Å². The Morgan fingerprint density at radius 2 is 1.28 bits per heavy atom. The lowest BCUT2D eigenvalue weighted by Crippen LogP contribution is -3.00. The van der Waals surface area contributed by atoms with Gasteiger partial charge in [0, 0.05) is 29.8 Å². The third-order valence-corrected chi connectivity index (χ3v) is 4.13. The number of aromatic amines is 1. The molecule has 0 saturated heterocycles. The lowest BCUT2D eigenvalue weighted by atomic mass is 9.87. The van der Waals surface area contributed by atoms with Crippen LogP contribution < -0.4 is 43.5 Å². The first-order valence-corrected chi connectivity index (χ1v) is 8.07. The molecule has 0 bridgehead atoms. The third-order valence-electron chi connectivity index (χ3n) is 4.13. The van der Waals surface area contributed by atoms with Gasteiger partial charge in [0.1, 0.15) is 0 Å². The van der Waals surface area contributed by atoms with Crippen molar-refractivity contribution in [3.63, 3.8) is 0 Å². The van der Waals surface area contributed by atoms with Crippen LogP contribution in [0.5, 0.6) is 0 Å². The fourth-order valence-electron chi connectivity index (χ4n) is 2.66. The van der Waals surface area contributed by atoms with Crippen molar-refractivity contribution in [1.82, 2.24) is 0 Å². The second kappa shape index (κ2) is 9.25. The van der Waals surface area contributed by atoms with Crippen molar-refractivity contribution in [3.05, 3.63) is 84.4 Å². The van der Waals surface area contributed by atoms with Gasteiger partial charge < -0.3 is 34.0 Å². The van der Waals surface area contributed by atoms with Crippen molar-refractivity contribution in [2.75, 3.05) is 0 Å². The van der Waals surface area contributed by atoms with Crippen LogP contribution in [0.4, 0.5) is 0 Å². The first-order chi connectivity index (χ1) is 11.0. The number of nitrogens with zero attached hydrogens (tertiary/aromatic N) is 1. The monoisotopic (exact) mass is 462 g/mol. The van der Waals surface area contributed by atoms with Gasteiger partial charge in [-0.3, -0.25) is 0 Å². The van der Waals surface area contributed by atoms with Crippen LogP contribution in [0.1, 0.15) is 31.9 Å². The lowest BCUT2D eigenvalue weighted by molar-refractivity contribution is -0.688. The summed E-state index contributed by atoms with van der Waals surface area (Å²) in [6, 6.07) is 17.5. The second-order valence-corrected chi connectivity index (χ2v) is 6.99. The molecule has 4 heteroatoms. The molecule has 2 heterocycles. The van der Waals surface area contributed by atoms with Gasteiger partial charge in [-0.15, -0.1) is 0 Å². The number of nitrogens with one attached hydrogen (secondary N) is 1. The molecular formula is C21H24Br2N2. The zero-order chi connectivity index (χ0) is 16.3. The fraction of sp³-hybridized carbons (Fsp3) is 0.238. The molecule has 3 rings (SSSR count). The molecule has 0 aliphatic heterocycles. The molecule has 0 atom stereocenters. The molecule has 0 fully saturated rings. The summed E-state index contributed by atoms with van der Waals surface area (Å²) in [6.45, 7) is 7.64. The van der Waals surface area contributed by atoms with Crippen LogP contribution in [0.25, 0.3) is 11.1 Å². The molecule has 3 aromatic rings. The molecule has 2 nitrogen and oxygen atoms in total. The van der Waals surface area contributed by atoms with E-state index in [-0.39, 0.29) is 39.4 Å². The molecule has 0 aliphatic rings. The molecule has 0 aliphatic carbocycles. The summed E-state index contributed by atoms with van der Waals surface area (Å²) in [4.78, 5) is 3.06. The minimum atomic E-state index is 0. The van der Waals surface area contributed by atoms with Gasteiger partial charge in [0.25, 0.3) is 0 Å². The van der Waals surface area contributed by atoms with Crippen LogP contribution >= 0.6 is 0 Å². The predicted octanol–water partition coefficient (Wildman–Crippen LogP) is -2.19. The largest absolute Gasteiger partial charge is 1.00 e. The maximum absolute atomic E-state index is 3.06. The Balaban J connectivity index is 0.00000156. The summed E-state index contributed by atoms with van der Waals surface area (Å²) in [5.41, 5.74) is 5.37. The van der Waals surface area contributed by atoms with Gasteiger partial charge in [0.2, 0.25) is 0 Å². The molecule has 25 heavy (non-hydrogen) atoms. The Kier molecular flexibility index (Phi) is 7.97. The van der Waals surface area contributed by atoms with Gasteiger partial charge >= 0.3 is 0 Å². The van der Waals surface area contributed by atoms with E-state index in [2.05, 4.69) is 91.2 Å². The van der Waals surface area contributed by atoms with Crippen molar-refractivity contribution in [1.29, 1.82) is 0 Å². The highest BCUT2D eigenvalue weighted by Gasteiger charge is 2.13. The minimum Gasteiger partial charge on any atom is -1.00 e. The van der Waals surface area contributed by atoms with Gasteiger partial charge in [-0.05, 0) is 22.1 Å². The van der Waals surface area contributed by atoms with Crippen LogP contribution in [0, 0.1) is 0 Å². The lowest BCUT2D eigenvalue weighted by Gasteiger charge is -2.18. The number of pyridine rings is 2. The van der Waals surface area contributed by atoms with Crippen LogP contribution in [0.2, 0.25) is 0 Å². The van der Waals surface area contributed by atoms with Crippen molar-refractivity contribution in [2.45, 2.75) is 32.7 Å². The first kappa shape index (κ1) is 21.5. The quantitative estimate of drug-likeness (QED) is 0.393. The number of aromatic nitrogens is 2. The highest BCUT2D eigenvalue weighted by atomic mass is 79.9. The summed E-state index contributed by atoms with van der Waals surface area (Å²) in [7, 11) is 0. The number of hydrogen-bond acceptors (Lipinski definition) is 0. The maximum atomic E-state index is 3.06. The van der Waals surface area contributed by atoms with Gasteiger partial charge in [-0.1, -0.05) is 45.0 Å². The number of halogens is 2. The number of H-pyrrole nitrogens is 1. The number of rotatable bonds is 3. The predicted molar refractivity (Wildman–Crippen MR) is 92.9 cm³/mol. The van der Waals surface area contributed by atoms with Gasteiger partial charge in [0.05, 0.1) is 0 Å². The average molecular weight is 464 g/mol. The van der Waals surface area contributed by atoms with Gasteiger partial charge in [-0.2, -0.15) is 0 Å². The average Bonchev–Trinajstić information content (AvgIpc) is 2.56. The molecule has 0 saturated carbocycles. The SMILES string of the molecule is CC(C)(C)c1ccc(C[n+]2ccc(-c3cc[nH+]cc3)cc2)cc1.[Br-].[Br-]. The third kappa shape index (κ3) is 5.75. The van der Waals surface area contributed by atoms with Gasteiger partial charge in [0.15, 0.2) is 31.3 Å². The summed E-state index contributed by atoms with van der Waals surface area (Å²) in [5, 5.41) is 0. The highest BCUT2D eigenvalue weighted by molar-refractivity contribution is 5.60. The van der Waals surface area contributed by atoms with Crippen molar-refractivity contribution < 1.29 is 43.5 Å². The van der Waals surface area contributed by atoms with Crippen molar-refractivity contribution >= 4 is 0 Å². The van der Waals surface area contributed by atoms with Crippen molar-refractivity contribution in [3.8, 4) is 11.1 Å². The highest BCUT2D eigenvalue weighted by Crippen LogP contribution is 2.22. The van der Waals surface area contributed by atoms with E-state index in [0.29, 0.717) is 0 Å². The topological polar surface area (TPSA) is 18.0 Å². The Bertz CT molecular complexity index is 762. The van der Waals surface area contributed by atoms with E-state index in [4.69, 9.17) is 0 Å². The molecular weight excluding hydrogens is 440 g/mol. The second-order valence-electron chi connectivity index (χ2n) is 6.99. The molecule has 0 unspecified atom stereocenters. The van der Waals surface area contributed by atoms with Crippen LogP contribution in [-0.2, 0) is 12.0 Å². The summed E-state index contributed by atoms with van der Waals surface area (Å²) < 4.78 is 2.21. The molecule has 2 aromatic heterocycles. The van der Waals surface area contributed by atoms with E-state index in [1.807, 2.05) is 12.4 Å². The Morgan fingerprint density at radius 3 is 1.80 bits per heavy atom. The van der Waals surface area contributed by atoms with E-state index in [0.717, 1.165) is 6.54 Å². The summed E-state index contributed by atoms with van der Waals surface area (Å²) in [5.74, 6) is 0. The molecule has 1 N–H and O–H groups in total. The molecule has 132 valence electrons. The van der Waals surface area contributed by atoms with Crippen molar-refractivity contribution in [2.24, 2.45) is 0 Å². The molecule has 0 spiro atoms. The van der Waals surface area contributed by atoms with Crippen LogP contribution in [-0.4, -0.2) is 0 Å². The Hall–Kier alpha value is -1.52. The fourth-order valence-corrected chi connectivity index (χ4v) is 2.66. The van der Waals surface area contributed by atoms with E-state index in [1.165, 1.54) is 22.3 Å². The van der Waals surface area contributed by atoms with Crippen LogP contribution in [0.15, 0.2) is 73.3 Å². The maximum Gasteiger partial charge on any atom is 0.173 e. The first-order valence-electron chi connectivity index (χ1n) is 8.07. The molecule has 0 amide bonds. The van der Waals surface area contributed by atoms with Crippen LogP contribution in [0.3, 0.4) is 0 Å². The van der Waals surface area contributed by atoms with E-state index in [9.17, 15) is 0 Å². The zero-order valence-corrected chi connectivity index (χ0v) is 18.0.